The Morgan fingerprint density at radius 3 is 2.45 bits per heavy atom. The van der Waals surface area contributed by atoms with Gasteiger partial charge in [-0.15, -0.1) is 0 Å². The van der Waals surface area contributed by atoms with Crippen molar-refractivity contribution in [3.63, 3.8) is 0 Å². The molecule has 1 heterocycles. The number of hydrogen-bond donors (Lipinski definition) is 1. The van der Waals surface area contributed by atoms with Gasteiger partial charge in [0, 0.05) is 6.67 Å². The lowest BCUT2D eigenvalue weighted by Crippen LogP contribution is -2.42. The summed E-state index contributed by atoms with van der Waals surface area (Å²) in [6.07, 6.45) is 0. The molecule has 0 aromatic rings. The van der Waals surface area contributed by atoms with Crippen LogP contribution in [-0.2, 0) is 9.47 Å². The molecule has 0 aromatic heterocycles. The van der Waals surface area contributed by atoms with Crippen LogP contribution >= 0.6 is 0 Å². The number of nitrogens with two attached hydrogens (primary N) is 1. The van der Waals surface area contributed by atoms with Gasteiger partial charge in [-0.25, -0.2) is 0 Å². The van der Waals surface area contributed by atoms with Gasteiger partial charge in [0.05, 0.1) is 19.8 Å². The van der Waals surface area contributed by atoms with E-state index < -0.39 is 5.79 Å². The van der Waals surface area contributed by atoms with E-state index in [0.29, 0.717) is 19.9 Å². The van der Waals surface area contributed by atoms with E-state index in [1.165, 1.54) is 0 Å². The van der Waals surface area contributed by atoms with Crippen molar-refractivity contribution in [3.05, 3.63) is 0 Å². The van der Waals surface area contributed by atoms with Gasteiger partial charge in [0.2, 0.25) is 0 Å². The summed E-state index contributed by atoms with van der Waals surface area (Å²) >= 11 is 0. The van der Waals surface area contributed by atoms with Gasteiger partial charge in [0.15, 0.2) is 5.79 Å². The molecular weight excluding hydrogens is 144 g/mol. The first kappa shape index (κ1) is 8.93. The van der Waals surface area contributed by atoms with Crippen LogP contribution in [0.2, 0.25) is 0 Å². The highest BCUT2D eigenvalue weighted by atomic mass is 16.7. The molecule has 1 fully saturated rings. The Hall–Kier alpha value is -0.160. The zero-order valence-corrected chi connectivity index (χ0v) is 7.17. The van der Waals surface area contributed by atoms with Crippen molar-refractivity contribution in [1.29, 1.82) is 0 Å². The average Bonchev–Trinajstić information content (AvgIpc) is 2.36. The zero-order chi connectivity index (χ0) is 8.32. The van der Waals surface area contributed by atoms with Crippen molar-refractivity contribution in [1.82, 2.24) is 4.90 Å². The van der Waals surface area contributed by atoms with Crippen LogP contribution in [0.3, 0.4) is 0 Å². The van der Waals surface area contributed by atoms with E-state index >= 15 is 0 Å². The Balaban J connectivity index is 2.33. The predicted molar refractivity (Wildman–Crippen MR) is 42.0 cm³/mol. The maximum absolute atomic E-state index is 5.42. The lowest BCUT2D eigenvalue weighted by molar-refractivity contribution is -0.153. The second kappa shape index (κ2) is 3.49. The van der Waals surface area contributed by atoms with Crippen LogP contribution in [-0.4, -0.2) is 44.2 Å². The Kier molecular flexibility index (Phi) is 2.84. The Morgan fingerprint density at radius 2 is 2.00 bits per heavy atom. The topological polar surface area (TPSA) is 47.7 Å². The summed E-state index contributed by atoms with van der Waals surface area (Å²) in [5.74, 6) is -0.436. The lowest BCUT2D eigenvalue weighted by atomic mass is 10.3. The quantitative estimate of drug-likeness (QED) is 0.571. The molecule has 0 spiro atoms. The minimum Gasteiger partial charge on any atom is -0.347 e. The largest absolute Gasteiger partial charge is 0.347 e. The van der Waals surface area contributed by atoms with E-state index in [9.17, 15) is 0 Å². The van der Waals surface area contributed by atoms with E-state index in [1.807, 2.05) is 18.9 Å². The molecule has 0 saturated carbocycles. The number of hydrogen-bond acceptors (Lipinski definition) is 4. The monoisotopic (exact) mass is 160 g/mol. The van der Waals surface area contributed by atoms with E-state index in [0.717, 1.165) is 6.54 Å². The standard InChI is InChI=1S/C7H16N2O2/c1-7(5-9(2)6-8)10-3-4-11-7/h3-6,8H2,1-2H3. The average molecular weight is 160 g/mol. The van der Waals surface area contributed by atoms with Crippen LogP contribution in [0.1, 0.15) is 6.92 Å². The van der Waals surface area contributed by atoms with E-state index in [4.69, 9.17) is 15.2 Å². The van der Waals surface area contributed by atoms with Crippen molar-refractivity contribution in [2.75, 3.05) is 33.5 Å². The van der Waals surface area contributed by atoms with Crippen LogP contribution in [0.4, 0.5) is 0 Å². The normalized spacial score (nSPS) is 22.9. The summed E-state index contributed by atoms with van der Waals surface area (Å²) in [4.78, 5) is 1.96. The molecule has 0 atom stereocenters. The molecule has 0 aromatic carbocycles. The van der Waals surface area contributed by atoms with Gasteiger partial charge < -0.3 is 15.2 Å². The molecule has 1 aliphatic heterocycles. The minimum absolute atomic E-state index is 0.436. The molecule has 0 unspecified atom stereocenters. The molecule has 0 aliphatic carbocycles. The Labute approximate surface area is 67.2 Å². The first-order valence-electron chi connectivity index (χ1n) is 3.83. The molecule has 11 heavy (non-hydrogen) atoms. The van der Waals surface area contributed by atoms with Crippen LogP contribution in [0, 0.1) is 0 Å². The van der Waals surface area contributed by atoms with Crippen molar-refractivity contribution < 1.29 is 9.47 Å². The van der Waals surface area contributed by atoms with Crippen molar-refractivity contribution in [2.24, 2.45) is 5.73 Å². The van der Waals surface area contributed by atoms with E-state index in [1.54, 1.807) is 0 Å². The maximum Gasteiger partial charge on any atom is 0.178 e. The summed E-state index contributed by atoms with van der Waals surface area (Å²) in [5.41, 5.74) is 5.42. The molecule has 0 radical (unpaired) electrons. The molecule has 4 nitrogen and oxygen atoms in total. The van der Waals surface area contributed by atoms with E-state index in [-0.39, 0.29) is 0 Å². The SMILES string of the molecule is CN(CN)CC1(C)OCCO1. The molecule has 66 valence electrons. The number of rotatable bonds is 3. The second-order valence-electron chi connectivity index (χ2n) is 3.03. The summed E-state index contributed by atoms with van der Waals surface area (Å²) < 4.78 is 10.8. The van der Waals surface area contributed by atoms with Crippen molar-refractivity contribution in [2.45, 2.75) is 12.7 Å². The summed E-state index contributed by atoms with van der Waals surface area (Å²) in [6, 6.07) is 0. The molecular formula is C7H16N2O2. The third kappa shape index (κ3) is 2.41. The molecule has 0 amide bonds. The van der Waals surface area contributed by atoms with Crippen molar-refractivity contribution >= 4 is 0 Å². The molecule has 1 saturated heterocycles. The summed E-state index contributed by atoms with van der Waals surface area (Å²) in [7, 11) is 1.94. The van der Waals surface area contributed by atoms with Gasteiger partial charge in [0.1, 0.15) is 0 Å². The Bertz CT molecular complexity index is 124. The fraction of sp³-hybridized carbons (Fsp3) is 1.00. The predicted octanol–water partition coefficient (Wildman–Crippen LogP) is -0.403. The van der Waals surface area contributed by atoms with Crippen LogP contribution < -0.4 is 5.73 Å². The molecule has 2 N–H and O–H groups in total. The lowest BCUT2D eigenvalue weighted by Gasteiger charge is -2.27. The van der Waals surface area contributed by atoms with Crippen LogP contribution in [0.5, 0.6) is 0 Å². The third-order valence-electron chi connectivity index (χ3n) is 1.77. The summed E-state index contributed by atoms with van der Waals surface area (Å²) in [5, 5.41) is 0. The molecule has 1 aliphatic rings. The number of nitrogens with zero attached hydrogens (tertiary/aromatic N) is 1. The van der Waals surface area contributed by atoms with Gasteiger partial charge >= 0.3 is 0 Å². The van der Waals surface area contributed by atoms with Crippen molar-refractivity contribution in [3.8, 4) is 0 Å². The zero-order valence-electron chi connectivity index (χ0n) is 7.17. The van der Waals surface area contributed by atoms with Gasteiger partial charge in [-0.3, -0.25) is 4.90 Å². The molecule has 4 heteroatoms. The smallest absolute Gasteiger partial charge is 0.178 e. The van der Waals surface area contributed by atoms with Crippen LogP contribution in [0.25, 0.3) is 0 Å². The van der Waals surface area contributed by atoms with Gasteiger partial charge in [-0.05, 0) is 14.0 Å². The minimum atomic E-state index is -0.436. The van der Waals surface area contributed by atoms with Crippen LogP contribution in [0.15, 0.2) is 0 Å². The fourth-order valence-corrected chi connectivity index (χ4v) is 1.20. The Morgan fingerprint density at radius 1 is 1.45 bits per heavy atom. The first-order chi connectivity index (χ1) is 5.16. The number of likely N-dealkylation sites (N-methyl/N-ethyl adjacent to an activating group) is 1. The first-order valence-corrected chi connectivity index (χ1v) is 3.83. The molecule has 0 bridgehead atoms. The maximum atomic E-state index is 5.42. The van der Waals surface area contributed by atoms with Gasteiger partial charge in [-0.2, -0.15) is 0 Å². The molecule has 1 rings (SSSR count). The fourth-order valence-electron chi connectivity index (χ4n) is 1.20. The highest BCUT2D eigenvalue weighted by molar-refractivity contribution is 4.71. The third-order valence-corrected chi connectivity index (χ3v) is 1.77. The summed E-state index contributed by atoms with van der Waals surface area (Å²) in [6.45, 7) is 4.57. The number of ether oxygens (including phenoxy) is 2. The van der Waals surface area contributed by atoms with Gasteiger partial charge in [-0.1, -0.05) is 0 Å². The highest BCUT2D eigenvalue weighted by Crippen LogP contribution is 2.18. The second-order valence-corrected chi connectivity index (χ2v) is 3.03. The highest BCUT2D eigenvalue weighted by Gasteiger charge is 2.31. The van der Waals surface area contributed by atoms with Gasteiger partial charge in [0.25, 0.3) is 0 Å². The van der Waals surface area contributed by atoms with E-state index in [2.05, 4.69) is 0 Å².